The van der Waals surface area contributed by atoms with Crippen LogP contribution in [-0.2, 0) is 0 Å². The average Bonchev–Trinajstić information content (AvgIpc) is 2.20. The summed E-state index contributed by atoms with van der Waals surface area (Å²) in [5, 5.41) is 9.06. The number of halogens is 1. The molecule has 0 bridgehead atoms. The highest BCUT2D eigenvalue weighted by Gasteiger charge is 2.20. The number of rotatable bonds is 4. The Balaban J connectivity index is 3.09. The second kappa shape index (κ2) is 4.87. The fraction of sp³-hybridized carbons (Fsp3) is 0.417. The third kappa shape index (κ3) is 3.23. The fourth-order valence-electron chi connectivity index (χ4n) is 1.13. The van der Waals surface area contributed by atoms with Crippen LogP contribution in [-0.4, -0.2) is 16.7 Å². The predicted molar refractivity (Wildman–Crippen MR) is 66.1 cm³/mol. The first-order chi connectivity index (χ1) is 7.35. The third-order valence-electron chi connectivity index (χ3n) is 2.41. The van der Waals surface area contributed by atoms with Crippen LogP contribution in [0.4, 0.5) is 0 Å². The van der Waals surface area contributed by atoms with Crippen LogP contribution in [0.25, 0.3) is 0 Å². The van der Waals surface area contributed by atoms with Crippen LogP contribution in [0.1, 0.15) is 37.6 Å². The van der Waals surface area contributed by atoms with Crippen molar-refractivity contribution in [3.05, 3.63) is 28.2 Å². The van der Waals surface area contributed by atoms with E-state index in [9.17, 15) is 4.79 Å². The number of hydrogen-bond acceptors (Lipinski definition) is 2. The number of hydrogen-bond donors (Lipinski definition) is 1. The Kier molecular flexibility index (Phi) is 3.97. The van der Waals surface area contributed by atoms with Gasteiger partial charge in [0.05, 0.1) is 0 Å². The van der Waals surface area contributed by atoms with Gasteiger partial charge in [-0.15, -0.1) is 0 Å². The van der Waals surface area contributed by atoms with E-state index < -0.39 is 5.97 Å². The van der Waals surface area contributed by atoms with Gasteiger partial charge in [0.1, 0.15) is 16.9 Å². The number of ether oxygens (including phenoxy) is 1. The van der Waals surface area contributed by atoms with E-state index >= 15 is 0 Å². The lowest BCUT2D eigenvalue weighted by Gasteiger charge is -2.25. The van der Waals surface area contributed by atoms with Gasteiger partial charge < -0.3 is 9.84 Å². The van der Waals surface area contributed by atoms with Crippen LogP contribution in [0.3, 0.4) is 0 Å². The maximum atomic E-state index is 11.0. The number of aromatic carboxylic acids is 1. The lowest BCUT2D eigenvalue weighted by molar-refractivity contribution is 0.0671. The second-order valence-electron chi connectivity index (χ2n) is 4.16. The summed E-state index contributed by atoms with van der Waals surface area (Å²) in [5.41, 5.74) is -0.186. The first-order valence-electron chi connectivity index (χ1n) is 5.07. The molecule has 0 aliphatic rings. The minimum absolute atomic E-state index is 0.177. The van der Waals surface area contributed by atoms with Crippen molar-refractivity contribution in [1.82, 2.24) is 0 Å². The maximum Gasteiger partial charge on any atom is 0.339 e. The number of carbonyl (C=O) groups is 1. The van der Waals surface area contributed by atoms with Gasteiger partial charge in [0.2, 0.25) is 0 Å². The van der Waals surface area contributed by atoms with Gasteiger partial charge in [0, 0.05) is 4.47 Å². The minimum atomic E-state index is -0.983. The number of benzene rings is 1. The van der Waals surface area contributed by atoms with Crippen molar-refractivity contribution in [2.24, 2.45) is 0 Å². The molecular weight excluding hydrogens is 272 g/mol. The van der Waals surface area contributed by atoms with Crippen molar-refractivity contribution in [2.45, 2.75) is 32.8 Å². The summed E-state index contributed by atoms with van der Waals surface area (Å²) in [4.78, 5) is 11.0. The van der Waals surface area contributed by atoms with Crippen LogP contribution >= 0.6 is 15.9 Å². The molecule has 16 heavy (non-hydrogen) atoms. The highest BCUT2D eigenvalue weighted by atomic mass is 79.9. The topological polar surface area (TPSA) is 46.5 Å². The summed E-state index contributed by atoms with van der Waals surface area (Å²) in [6.45, 7) is 5.86. The molecule has 0 atom stereocenters. The molecule has 1 N–H and O–H groups in total. The van der Waals surface area contributed by atoms with E-state index in [2.05, 4.69) is 15.9 Å². The molecule has 1 rings (SSSR count). The van der Waals surface area contributed by atoms with Crippen LogP contribution in [0, 0.1) is 0 Å². The van der Waals surface area contributed by atoms with Gasteiger partial charge in [-0.2, -0.15) is 0 Å². The van der Waals surface area contributed by atoms with Gasteiger partial charge in [0.25, 0.3) is 0 Å². The maximum absolute atomic E-state index is 11.0. The predicted octanol–water partition coefficient (Wildman–Crippen LogP) is 3.71. The quantitative estimate of drug-likeness (QED) is 0.918. The first kappa shape index (κ1) is 13.0. The summed E-state index contributed by atoms with van der Waals surface area (Å²) < 4.78 is 6.43. The number of carboxylic acid groups (broad SMARTS) is 1. The molecule has 0 unspecified atom stereocenters. The Morgan fingerprint density at radius 1 is 1.50 bits per heavy atom. The van der Waals surface area contributed by atoms with Gasteiger partial charge in [-0.1, -0.05) is 22.9 Å². The fourth-order valence-corrected chi connectivity index (χ4v) is 1.49. The normalized spacial score (nSPS) is 11.2. The van der Waals surface area contributed by atoms with Crippen LogP contribution in [0.5, 0.6) is 5.75 Å². The Hall–Kier alpha value is -1.03. The van der Waals surface area contributed by atoms with E-state index in [1.807, 2.05) is 20.8 Å². The Morgan fingerprint density at radius 3 is 2.62 bits per heavy atom. The average molecular weight is 287 g/mol. The van der Waals surface area contributed by atoms with Gasteiger partial charge in [0.15, 0.2) is 0 Å². The molecule has 0 saturated heterocycles. The van der Waals surface area contributed by atoms with Crippen LogP contribution < -0.4 is 4.74 Å². The molecule has 0 fully saturated rings. The van der Waals surface area contributed by atoms with E-state index in [-0.39, 0.29) is 11.2 Å². The Bertz CT molecular complexity index is 399. The van der Waals surface area contributed by atoms with E-state index in [4.69, 9.17) is 9.84 Å². The van der Waals surface area contributed by atoms with Gasteiger partial charge in [-0.05, 0) is 38.5 Å². The van der Waals surface area contributed by atoms with Crippen LogP contribution in [0.15, 0.2) is 22.7 Å². The zero-order chi connectivity index (χ0) is 12.3. The Labute approximate surface area is 104 Å². The van der Waals surface area contributed by atoms with Crippen LogP contribution in [0.2, 0.25) is 0 Å². The molecule has 0 amide bonds. The summed E-state index contributed by atoms with van der Waals surface area (Å²) in [6.07, 6.45) is 0.808. The monoisotopic (exact) mass is 286 g/mol. The van der Waals surface area contributed by atoms with Gasteiger partial charge in [-0.25, -0.2) is 4.79 Å². The van der Waals surface area contributed by atoms with Gasteiger partial charge in [-0.3, -0.25) is 0 Å². The molecule has 1 aromatic rings. The summed E-state index contributed by atoms with van der Waals surface area (Å²) in [5.74, 6) is -0.578. The molecule has 0 aliphatic carbocycles. The van der Waals surface area contributed by atoms with Crippen molar-refractivity contribution in [3.8, 4) is 5.75 Å². The molecule has 88 valence electrons. The highest BCUT2D eigenvalue weighted by molar-refractivity contribution is 9.10. The molecular formula is C12H15BrO3. The third-order valence-corrected chi connectivity index (χ3v) is 2.90. The molecule has 1 aromatic carbocycles. The highest BCUT2D eigenvalue weighted by Crippen LogP contribution is 2.27. The molecule has 0 heterocycles. The Morgan fingerprint density at radius 2 is 2.12 bits per heavy atom. The smallest absolute Gasteiger partial charge is 0.339 e. The SMILES string of the molecule is CCC(C)(C)Oc1ccc(Br)cc1C(=O)O. The van der Waals surface area contributed by atoms with Gasteiger partial charge >= 0.3 is 5.97 Å². The van der Waals surface area contributed by atoms with Crippen molar-refractivity contribution in [3.63, 3.8) is 0 Å². The number of carboxylic acids is 1. The molecule has 0 aromatic heterocycles. The molecule has 0 spiro atoms. The van der Waals surface area contributed by atoms with E-state index in [1.54, 1.807) is 18.2 Å². The summed E-state index contributed by atoms with van der Waals surface area (Å²) >= 11 is 3.24. The van der Waals surface area contributed by atoms with E-state index in [0.717, 1.165) is 10.9 Å². The van der Waals surface area contributed by atoms with Crippen molar-refractivity contribution < 1.29 is 14.6 Å². The molecule has 3 nitrogen and oxygen atoms in total. The first-order valence-corrected chi connectivity index (χ1v) is 5.87. The summed E-state index contributed by atoms with van der Waals surface area (Å²) in [7, 11) is 0. The molecule has 4 heteroatoms. The van der Waals surface area contributed by atoms with Crippen molar-refractivity contribution >= 4 is 21.9 Å². The minimum Gasteiger partial charge on any atom is -0.487 e. The lowest BCUT2D eigenvalue weighted by atomic mass is 10.1. The molecule has 0 radical (unpaired) electrons. The van der Waals surface area contributed by atoms with Crippen molar-refractivity contribution in [2.75, 3.05) is 0 Å². The van der Waals surface area contributed by atoms with E-state index in [1.165, 1.54) is 0 Å². The standard InChI is InChI=1S/C12H15BrO3/c1-4-12(2,3)16-10-6-5-8(13)7-9(10)11(14)15/h5-7H,4H2,1-3H3,(H,14,15). The largest absolute Gasteiger partial charge is 0.487 e. The molecule has 0 saturated carbocycles. The lowest BCUT2D eigenvalue weighted by Crippen LogP contribution is -2.27. The zero-order valence-corrected chi connectivity index (χ0v) is 11.2. The van der Waals surface area contributed by atoms with E-state index in [0.29, 0.717) is 5.75 Å². The summed E-state index contributed by atoms with van der Waals surface area (Å²) in [6, 6.07) is 4.99. The second-order valence-corrected chi connectivity index (χ2v) is 5.08. The zero-order valence-electron chi connectivity index (χ0n) is 9.58. The molecule has 0 aliphatic heterocycles. The van der Waals surface area contributed by atoms with Crippen molar-refractivity contribution in [1.29, 1.82) is 0 Å².